The van der Waals surface area contributed by atoms with Crippen LogP contribution in [0, 0.1) is 6.92 Å². The number of aryl methyl sites for hydroxylation is 1. The van der Waals surface area contributed by atoms with Gasteiger partial charge >= 0.3 is 0 Å². The number of alkyl halides is 1. The van der Waals surface area contributed by atoms with Gasteiger partial charge in [-0.2, -0.15) is 0 Å². The Labute approximate surface area is 53.5 Å². The number of pyridine rings is 1. The summed E-state index contributed by atoms with van der Waals surface area (Å²) in [6.45, 7) is 1.45. The van der Waals surface area contributed by atoms with Crippen molar-refractivity contribution in [1.82, 2.24) is 4.98 Å². The van der Waals surface area contributed by atoms with Crippen LogP contribution in [0.2, 0.25) is 0 Å². The maximum absolute atomic E-state index is 11.9. The topological polar surface area (TPSA) is 12.9 Å². The molecule has 0 saturated carbocycles. The Morgan fingerprint density at radius 2 is 2.44 bits per heavy atom. The SMILES string of the molecule is Cc1cc(CF)ccn1. The molecule has 0 aromatic carbocycles. The van der Waals surface area contributed by atoms with Crippen molar-refractivity contribution in [2.24, 2.45) is 0 Å². The third-order valence-electron chi connectivity index (χ3n) is 1.12. The summed E-state index contributed by atoms with van der Waals surface area (Å²) in [4.78, 5) is 3.92. The van der Waals surface area contributed by atoms with Crippen molar-refractivity contribution in [2.45, 2.75) is 13.6 Å². The van der Waals surface area contributed by atoms with Crippen molar-refractivity contribution >= 4 is 0 Å². The summed E-state index contributed by atoms with van der Waals surface area (Å²) in [6, 6.07) is 3.41. The lowest BCUT2D eigenvalue weighted by Gasteiger charge is -1.92. The van der Waals surface area contributed by atoms with E-state index in [-0.39, 0.29) is 0 Å². The number of rotatable bonds is 1. The van der Waals surface area contributed by atoms with E-state index in [0.29, 0.717) is 5.56 Å². The third-order valence-corrected chi connectivity index (χ3v) is 1.12. The summed E-state index contributed by atoms with van der Waals surface area (Å²) >= 11 is 0. The molecule has 0 amide bonds. The fraction of sp³-hybridized carbons (Fsp3) is 0.286. The first-order valence-corrected chi connectivity index (χ1v) is 2.80. The summed E-state index contributed by atoms with van der Waals surface area (Å²) in [7, 11) is 0. The van der Waals surface area contributed by atoms with Gasteiger partial charge in [0, 0.05) is 11.9 Å². The van der Waals surface area contributed by atoms with Gasteiger partial charge in [-0.25, -0.2) is 4.39 Å². The highest BCUT2D eigenvalue weighted by molar-refractivity contribution is 5.13. The van der Waals surface area contributed by atoms with Gasteiger partial charge in [0.15, 0.2) is 0 Å². The van der Waals surface area contributed by atoms with Crippen LogP contribution in [0.4, 0.5) is 4.39 Å². The first-order valence-electron chi connectivity index (χ1n) is 2.80. The molecule has 9 heavy (non-hydrogen) atoms. The van der Waals surface area contributed by atoms with Crippen molar-refractivity contribution in [3.63, 3.8) is 0 Å². The number of halogens is 1. The van der Waals surface area contributed by atoms with E-state index in [1.807, 2.05) is 6.92 Å². The molecule has 0 unspecified atom stereocenters. The Hall–Kier alpha value is -0.920. The molecule has 48 valence electrons. The maximum Gasteiger partial charge on any atom is 0.115 e. The normalized spacial score (nSPS) is 9.56. The van der Waals surface area contributed by atoms with Gasteiger partial charge in [-0.3, -0.25) is 4.98 Å². The molecular weight excluding hydrogens is 117 g/mol. The molecule has 0 atom stereocenters. The average molecular weight is 125 g/mol. The van der Waals surface area contributed by atoms with Crippen LogP contribution in [0.15, 0.2) is 18.3 Å². The van der Waals surface area contributed by atoms with E-state index < -0.39 is 6.67 Å². The van der Waals surface area contributed by atoms with Gasteiger partial charge in [0.25, 0.3) is 0 Å². The van der Waals surface area contributed by atoms with Crippen LogP contribution < -0.4 is 0 Å². The molecule has 0 N–H and O–H groups in total. The molecule has 0 saturated heterocycles. The van der Waals surface area contributed by atoms with Crippen LogP contribution in [-0.2, 0) is 6.67 Å². The van der Waals surface area contributed by atoms with Gasteiger partial charge in [0.05, 0.1) is 0 Å². The van der Waals surface area contributed by atoms with E-state index in [2.05, 4.69) is 4.98 Å². The minimum atomic E-state index is -0.399. The first-order chi connectivity index (χ1) is 4.33. The quantitative estimate of drug-likeness (QED) is 0.558. The standard InChI is InChI=1S/C7H8FN/c1-6-4-7(5-8)2-3-9-6/h2-4H,5H2,1H3. The fourth-order valence-corrected chi connectivity index (χ4v) is 0.687. The van der Waals surface area contributed by atoms with Gasteiger partial charge in [-0.05, 0) is 24.6 Å². The Kier molecular flexibility index (Phi) is 1.78. The summed E-state index contributed by atoms with van der Waals surface area (Å²) in [5.74, 6) is 0. The zero-order valence-corrected chi connectivity index (χ0v) is 5.26. The molecule has 0 radical (unpaired) electrons. The van der Waals surface area contributed by atoms with Crippen LogP contribution in [0.1, 0.15) is 11.3 Å². The smallest absolute Gasteiger partial charge is 0.115 e. The van der Waals surface area contributed by atoms with E-state index in [1.54, 1.807) is 18.3 Å². The van der Waals surface area contributed by atoms with Crippen LogP contribution in [0.3, 0.4) is 0 Å². The molecule has 0 bridgehead atoms. The molecule has 0 aliphatic rings. The van der Waals surface area contributed by atoms with Crippen molar-refractivity contribution in [3.8, 4) is 0 Å². The molecule has 0 fully saturated rings. The van der Waals surface area contributed by atoms with Crippen LogP contribution in [0.5, 0.6) is 0 Å². The van der Waals surface area contributed by atoms with Crippen LogP contribution in [0.25, 0.3) is 0 Å². The first kappa shape index (κ1) is 6.20. The Balaban J connectivity index is 2.94. The van der Waals surface area contributed by atoms with Crippen LogP contribution in [-0.4, -0.2) is 4.98 Å². The second-order valence-corrected chi connectivity index (χ2v) is 1.94. The summed E-state index contributed by atoms with van der Waals surface area (Å²) in [5, 5.41) is 0. The molecule has 1 aromatic rings. The van der Waals surface area contributed by atoms with E-state index >= 15 is 0 Å². The highest BCUT2D eigenvalue weighted by Crippen LogP contribution is 2.00. The van der Waals surface area contributed by atoms with Gasteiger partial charge in [-0.15, -0.1) is 0 Å². The molecule has 0 aliphatic carbocycles. The van der Waals surface area contributed by atoms with Gasteiger partial charge in [0.1, 0.15) is 6.67 Å². The second kappa shape index (κ2) is 2.58. The van der Waals surface area contributed by atoms with Crippen molar-refractivity contribution < 1.29 is 4.39 Å². The van der Waals surface area contributed by atoms with Gasteiger partial charge < -0.3 is 0 Å². The Morgan fingerprint density at radius 3 is 2.89 bits per heavy atom. The molecule has 2 heteroatoms. The predicted octanol–water partition coefficient (Wildman–Crippen LogP) is 1.86. The van der Waals surface area contributed by atoms with E-state index in [1.165, 1.54) is 0 Å². The number of aromatic nitrogens is 1. The van der Waals surface area contributed by atoms with Gasteiger partial charge in [-0.1, -0.05) is 0 Å². The predicted molar refractivity (Wildman–Crippen MR) is 33.8 cm³/mol. The molecule has 1 aromatic heterocycles. The minimum Gasteiger partial charge on any atom is -0.262 e. The lowest BCUT2D eigenvalue weighted by Crippen LogP contribution is -1.82. The number of nitrogens with zero attached hydrogens (tertiary/aromatic N) is 1. The fourth-order valence-electron chi connectivity index (χ4n) is 0.687. The molecule has 1 nitrogen and oxygen atoms in total. The van der Waals surface area contributed by atoms with Crippen molar-refractivity contribution in [3.05, 3.63) is 29.6 Å². The van der Waals surface area contributed by atoms with Crippen LogP contribution >= 0.6 is 0 Å². The monoisotopic (exact) mass is 125 g/mol. The lowest BCUT2D eigenvalue weighted by molar-refractivity contribution is 0.484. The highest BCUT2D eigenvalue weighted by atomic mass is 19.1. The maximum atomic E-state index is 11.9. The minimum absolute atomic E-state index is 0.399. The van der Waals surface area contributed by atoms with E-state index in [0.717, 1.165) is 5.69 Å². The summed E-state index contributed by atoms with van der Waals surface area (Å²) in [6.07, 6.45) is 1.62. The number of hydrogen-bond donors (Lipinski definition) is 0. The van der Waals surface area contributed by atoms with E-state index in [9.17, 15) is 4.39 Å². The van der Waals surface area contributed by atoms with Crippen molar-refractivity contribution in [2.75, 3.05) is 0 Å². The van der Waals surface area contributed by atoms with E-state index in [4.69, 9.17) is 0 Å². The second-order valence-electron chi connectivity index (χ2n) is 1.94. The zero-order chi connectivity index (χ0) is 6.69. The summed E-state index contributed by atoms with van der Waals surface area (Å²) in [5.41, 5.74) is 1.56. The molecule has 1 heterocycles. The molecule has 1 rings (SSSR count). The highest BCUT2D eigenvalue weighted by Gasteiger charge is 1.89. The lowest BCUT2D eigenvalue weighted by atomic mass is 10.2. The summed E-state index contributed by atoms with van der Waals surface area (Å²) < 4.78 is 11.9. The zero-order valence-electron chi connectivity index (χ0n) is 5.26. The Morgan fingerprint density at radius 1 is 1.67 bits per heavy atom. The molecular formula is C7H8FN. The molecule has 0 spiro atoms. The number of hydrogen-bond acceptors (Lipinski definition) is 1. The average Bonchev–Trinajstić information content (AvgIpc) is 1.88. The molecule has 0 aliphatic heterocycles. The largest absolute Gasteiger partial charge is 0.262 e. The van der Waals surface area contributed by atoms with Crippen molar-refractivity contribution in [1.29, 1.82) is 0 Å². The third kappa shape index (κ3) is 1.49. The van der Waals surface area contributed by atoms with Gasteiger partial charge in [0.2, 0.25) is 0 Å². The Bertz CT molecular complexity index is 198.